The Bertz CT molecular complexity index is 984. The van der Waals surface area contributed by atoms with Crippen LogP contribution in [0, 0.1) is 6.92 Å². The number of nitrogens with zero attached hydrogens (tertiary/aromatic N) is 1. The van der Waals surface area contributed by atoms with Crippen LogP contribution in [0.2, 0.25) is 0 Å². The van der Waals surface area contributed by atoms with E-state index in [9.17, 15) is 8.42 Å². The summed E-state index contributed by atoms with van der Waals surface area (Å²) in [5, 5.41) is 6.49. The van der Waals surface area contributed by atoms with Crippen molar-refractivity contribution in [3.8, 4) is 5.75 Å². The highest BCUT2D eigenvalue weighted by Gasteiger charge is 2.13. The van der Waals surface area contributed by atoms with Crippen LogP contribution in [-0.4, -0.2) is 55.3 Å². The van der Waals surface area contributed by atoms with Crippen LogP contribution in [0.1, 0.15) is 16.7 Å². The number of guanidine groups is 1. The Morgan fingerprint density at radius 3 is 2.50 bits per heavy atom. The third-order valence-electron chi connectivity index (χ3n) is 4.67. The molecule has 0 saturated carbocycles. The molecule has 32 heavy (non-hydrogen) atoms. The van der Waals surface area contributed by atoms with Crippen molar-refractivity contribution in [3.05, 3.63) is 59.2 Å². The summed E-state index contributed by atoms with van der Waals surface area (Å²) < 4.78 is 37.5. The molecule has 0 aromatic heterocycles. The van der Waals surface area contributed by atoms with Crippen LogP contribution in [0.15, 0.2) is 52.4 Å². The van der Waals surface area contributed by atoms with E-state index < -0.39 is 10.0 Å². The Labute approximate surface area is 208 Å². The molecule has 0 aliphatic carbocycles. The molecule has 178 valence electrons. The highest BCUT2D eigenvalue weighted by Crippen LogP contribution is 2.19. The summed E-state index contributed by atoms with van der Waals surface area (Å²) in [6, 6.07) is 13.0. The fourth-order valence-electron chi connectivity index (χ4n) is 2.94. The van der Waals surface area contributed by atoms with E-state index in [0.717, 1.165) is 23.3 Å². The Morgan fingerprint density at radius 2 is 1.81 bits per heavy atom. The fourth-order valence-corrected chi connectivity index (χ4v) is 4.02. The highest BCUT2D eigenvalue weighted by molar-refractivity contribution is 14.0. The van der Waals surface area contributed by atoms with E-state index in [-0.39, 0.29) is 35.4 Å². The topological polar surface area (TPSA) is 101 Å². The van der Waals surface area contributed by atoms with Crippen LogP contribution in [0.5, 0.6) is 5.75 Å². The third-order valence-corrected chi connectivity index (χ3v) is 6.13. The van der Waals surface area contributed by atoms with Gasteiger partial charge in [-0.15, -0.1) is 24.0 Å². The lowest BCUT2D eigenvalue weighted by atomic mass is 10.1. The summed E-state index contributed by atoms with van der Waals surface area (Å²) in [7, 11) is 1.33. The average molecular weight is 577 g/mol. The Kier molecular flexibility index (Phi) is 12.6. The van der Waals surface area contributed by atoms with Crippen LogP contribution in [0.3, 0.4) is 0 Å². The lowest BCUT2D eigenvalue weighted by molar-refractivity contribution is 0.204. The zero-order chi connectivity index (χ0) is 22.7. The summed E-state index contributed by atoms with van der Waals surface area (Å²) >= 11 is 0. The van der Waals surface area contributed by atoms with Crippen LogP contribution in [0.4, 0.5) is 0 Å². The minimum Gasteiger partial charge on any atom is -0.496 e. The maximum atomic E-state index is 12.4. The molecule has 3 N–H and O–H groups in total. The molecule has 2 aromatic carbocycles. The maximum absolute atomic E-state index is 12.4. The van der Waals surface area contributed by atoms with Gasteiger partial charge < -0.3 is 20.1 Å². The molecule has 2 aromatic rings. The van der Waals surface area contributed by atoms with Gasteiger partial charge in [-0.25, -0.2) is 13.1 Å². The summed E-state index contributed by atoms with van der Waals surface area (Å²) in [5.74, 6) is 1.53. The van der Waals surface area contributed by atoms with E-state index in [4.69, 9.17) is 9.47 Å². The molecular formula is C22H33IN4O4S. The van der Waals surface area contributed by atoms with Gasteiger partial charge in [0.25, 0.3) is 0 Å². The Morgan fingerprint density at radius 1 is 1.03 bits per heavy atom. The maximum Gasteiger partial charge on any atom is 0.240 e. The van der Waals surface area contributed by atoms with Crippen molar-refractivity contribution in [2.75, 3.05) is 41.0 Å². The molecule has 0 amide bonds. The van der Waals surface area contributed by atoms with Gasteiger partial charge in [-0.1, -0.05) is 24.3 Å². The first kappa shape index (κ1) is 28.1. The van der Waals surface area contributed by atoms with Gasteiger partial charge in [-0.05, 0) is 48.2 Å². The van der Waals surface area contributed by atoms with E-state index in [1.165, 1.54) is 12.7 Å². The van der Waals surface area contributed by atoms with E-state index in [0.29, 0.717) is 25.7 Å². The minimum atomic E-state index is -3.57. The SMILES string of the molecule is CN=C(NCCc1ccc(C)c(OC)c1)NCc1cccc(S(=O)(=O)NCCOC)c1.I. The van der Waals surface area contributed by atoms with Gasteiger partial charge in [0.2, 0.25) is 10.0 Å². The molecule has 0 unspecified atom stereocenters. The number of aliphatic imine (C=N–C) groups is 1. The summed E-state index contributed by atoms with van der Waals surface area (Å²) in [6.45, 7) is 3.70. The lowest BCUT2D eigenvalue weighted by Gasteiger charge is -2.13. The molecule has 0 heterocycles. The second-order valence-corrected chi connectivity index (χ2v) is 8.71. The molecule has 0 bridgehead atoms. The van der Waals surface area contributed by atoms with Crippen molar-refractivity contribution in [1.29, 1.82) is 0 Å². The molecule has 0 radical (unpaired) electrons. The van der Waals surface area contributed by atoms with E-state index in [1.807, 2.05) is 25.1 Å². The summed E-state index contributed by atoms with van der Waals surface area (Å²) in [5.41, 5.74) is 3.11. The zero-order valence-corrected chi connectivity index (χ0v) is 22.1. The number of nitrogens with one attached hydrogen (secondary N) is 3. The molecule has 10 heteroatoms. The van der Waals surface area contributed by atoms with E-state index in [2.05, 4.69) is 26.4 Å². The van der Waals surface area contributed by atoms with Gasteiger partial charge >= 0.3 is 0 Å². The number of benzene rings is 2. The normalized spacial score (nSPS) is 11.6. The number of methoxy groups -OCH3 is 2. The predicted octanol–water partition coefficient (Wildman–Crippen LogP) is 2.45. The molecule has 0 aliphatic heterocycles. The van der Waals surface area contributed by atoms with Gasteiger partial charge in [0.15, 0.2) is 5.96 Å². The van der Waals surface area contributed by atoms with Gasteiger partial charge in [0.05, 0.1) is 18.6 Å². The van der Waals surface area contributed by atoms with Crippen molar-refractivity contribution in [3.63, 3.8) is 0 Å². The van der Waals surface area contributed by atoms with E-state index in [1.54, 1.807) is 32.4 Å². The van der Waals surface area contributed by atoms with Crippen LogP contribution in [0.25, 0.3) is 0 Å². The molecule has 8 nitrogen and oxygen atoms in total. The summed E-state index contributed by atoms with van der Waals surface area (Å²) in [6.07, 6.45) is 0.818. The lowest BCUT2D eigenvalue weighted by Crippen LogP contribution is -2.37. The molecule has 0 spiro atoms. The Balaban J connectivity index is 0.00000512. The number of aryl methyl sites for hydroxylation is 1. The molecule has 0 atom stereocenters. The highest BCUT2D eigenvalue weighted by atomic mass is 127. The number of ether oxygens (including phenoxy) is 2. The number of hydrogen-bond acceptors (Lipinski definition) is 5. The molecule has 0 saturated heterocycles. The zero-order valence-electron chi connectivity index (χ0n) is 19.0. The standard InChI is InChI=1S/C22H32N4O4S.HI/c1-17-8-9-18(15-21(17)30-4)10-11-24-22(23-2)25-16-19-6-5-7-20(14-19)31(27,28)26-12-13-29-3;/h5-9,14-15,26H,10-13,16H2,1-4H3,(H2,23,24,25);1H. The smallest absolute Gasteiger partial charge is 0.240 e. The first-order valence-corrected chi connectivity index (χ1v) is 11.5. The number of halogens is 1. The van der Waals surface area contributed by atoms with Crippen LogP contribution >= 0.6 is 24.0 Å². The van der Waals surface area contributed by atoms with E-state index >= 15 is 0 Å². The van der Waals surface area contributed by atoms with Gasteiger partial charge in [-0.2, -0.15) is 0 Å². The van der Waals surface area contributed by atoms with Crippen molar-refractivity contribution in [1.82, 2.24) is 15.4 Å². The quantitative estimate of drug-likeness (QED) is 0.165. The molecule has 0 aliphatic rings. The first-order chi connectivity index (χ1) is 14.9. The van der Waals surface area contributed by atoms with Crippen molar-refractivity contribution >= 4 is 40.0 Å². The second-order valence-electron chi connectivity index (χ2n) is 6.94. The van der Waals surface area contributed by atoms with Crippen molar-refractivity contribution in [2.45, 2.75) is 24.8 Å². The largest absolute Gasteiger partial charge is 0.496 e. The molecular weight excluding hydrogens is 543 g/mol. The first-order valence-electron chi connectivity index (χ1n) is 10.0. The average Bonchev–Trinajstić information content (AvgIpc) is 2.77. The number of hydrogen-bond donors (Lipinski definition) is 3. The molecule has 0 fully saturated rings. The Hall–Kier alpha value is -1.89. The van der Waals surface area contributed by atoms with Crippen molar-refractivity contribution in [2.24, 2.45) is 4.99 Å². The monoisotopic (exact) mass is 576 g/mol. The minimum absolute atomic E-state index is 0. The number of rotatable bonds is 11. The molecule has 2 rings (SSSR count). The number of sulfonamides is 1. The fraction of sp³-hybridized carbons (Fsp3) is 0.409. The van der Waals surface area contributed by atoms with Crippen LogP contribution < -0.4 is 20.1 Å². The van der Waals surface area contributed by atoms with Gasteiger partial charge in [-0.3, -0.25) is 4.99 Å². The van der Waals surface area contributed by atoms with Gasteiger partial charge in [0.1, 0.15) is 5.75 Å². The second kappa shape index (κ2) is 14.3. The van der Waals surface area contributed by atoms with Crippen molar-refractivity contribution < 1.29 is 17.9 Å². The van der Waals surface area contributed by atoms with Crippen LogP contribution in [-0.2, 0) is 27.7 Å². The summed E-state index contributed by atoms with van der Waals surface area (Å²) in [4.78, 5) is 4.45. The third kappa shape index (κ3) is 8.93. The predicted molar refractivity (Wildman–Crippen MR) is 139 cm³/mol. The van der Waals surface area contributed by atoms with Gasteiger partial charge in [0, 0.05) is 33.8 Å².